The van der Waals surface area contributed by atoms with Crippen LogP contribution in [0.4, 0.5) is 11.6 Å². The molecular formula is C14H23N5. The van der Waals surface area contributed by atoms with Gasteiger partial charge in [-0.1, -0.05) is 6.92 Å². The average molecular weight is 261 g/mol. The molecule has 0 saturated carbocycles. The minimum absolute atomic E-state index is 0.853. The highest BCUT2D eigenvalue weighted by Crippen LogP contribution is 2.23. The van der Waals surface area contributed by atoms with Crippen molar-refractivity contribution in [2.24, 2.45) is 5.92 Å². The van der Waals surface area contributed by atoms with Crippen LogP contribution in [0.25, 0.3) is 0 Å². The highest BCUT2D eigenvalue weighted by molar-refractivity contribution is 5.50. The highest BCUT2D eigenvalue weighted by atomic mass is 15.3. The minimum atomic E-state index is 0.853. The number of hydrogen-bond acceptors (Lipinski definition) is 5. The quantitative estimate of drug-likeness (QED) is 0.864. The van der Waals surface area contributed by atoms with E-state index in [0.29, 0.717) is 0 Å². The van der Waals surface area contributed by atoms with Gasteiger partial charge in [0, 0.05) is 45.3 Å². The molecule has 0 spiro atoms. The fraction of sp³-hybridized carbons (Fsp3) is 0.714. The molecule has 2 saturated heterocycles. The molecule has 0 aromatic carbocycles. The molecule has 19 heavy (non-hydrogen) atoms. The van der Waals surface area contributed by atoms with Crippen LogP contribution in [0, 0.1) is 5.92 Å². The molecular weight excluding hydrogens is 238 g/mol. The zero-order valence-corrected chi connectivity index (χ0v) is 11.7. The maximum Gasteiger partial charge on any atom is 0.134 e. The molecule has 0 atom stereocenters. The molecule has 2 aliphatic rings. The third-order valence-electron chi connectivity index (χ3n) is 4.19. The maximum absolute atomic E-state index is 4.46. The molecule has 2 aliphatic heterocycles. The van der Waals surface area contributed by atoms with Crippen molar-refractivity contribution in [1.82, 2.24) is 15.3 Å². The second-order valence-corrected chi connectivity index (χ2v) is 5.64. The third-order valence-corrected chi connectivity index (χ3v) is 4.19. The van der Waals surface area contributed by atoms with Gasteiger partial charge >= 0.3 is 0 Å². The standard InChI is InChI=1S/C14H23N5/c1-12-2-6-18(7-3-12)13-10-14(17-11-16-13)19-8-4-15-5-9-19/h10-12,15H,2-9H2,1H3. The summed E-state index contributed by atoms with van der Waals surface area (Å²) in [6, 6.07) is 2.15. The summed E-state index contributed by atoms with van der Waals surface area (Å²) in [6.07, 6.45) is 4.25. The Bertz CT molecular complexity index is 408. The van der Waals surface area contributed by atoms with Crippen LogP contribution in [-0.2, 0) is 0 Å². The summed E-state index contributed by atoms with van der Waals surface area (Å²) < 4.78 is 0. The van der Waals surface area contributed by atoms with E-state index in [1.54, 1.807) is 6.33 Å². The van der Waals surface area contributed by atoms with Gasteiger partial charge in [0.15, 0.2) is 0 Å². The van der Waals surface area contributed by atoms with Gasteiger partial charge in [-0.2, -0.15) is 0 Å². The van der Waals surface area contributed by atoms with E-state index in [1.165, 1.54) is 12.8 Å². The molecule has 5 heteroatoms. The largest absolute Gasteiger partial charge is 0.356 e. The van der Waals surface area contributed by atoms with Crippen LogP contribution in [0.3, 0.4) is 0 Å². The number of nitrogens with one attached hydrogen (secondary N) is 1. The first kappa shape index (κ1) is 12.7. The van der Waals surface area contributed by atoms with Gasteiger partial charge < -0.3 is 15.1 Å². The van der Waals surface area contributed by atoms with Gasteiger partial charge in [-0.05, 0) is 18.8 Å². The summed E-state index contributed by atoms with van der Waals surface area (Å²) in [5.41, 5.74) is 0. The molecule has 3 rings (SSSR count). The van der Waals surface area contributed by atoms with E-state index < -0.39 is 0 Å². The first-order chi connectivity index (χ1) is 9.33. The van der Waals surface area contributed by atoms with E-state index in [-0.39, 0.29) is 0 Å². The van der Waals surface area contributed by atoms with E-state index in [4.69, 9.17) is 0 Å². The van der Waals surface area contributed by atoms with Gasteiger partial charge in [0.1, 0.15) is 18.0 Å². The lowest BCUT2D eigenvalue weighted by Crippen LogP contribution is -2.44. The zero-order valence-electron chi connectivity index (χ0n) is 11.7. The normalized spacial score (nSPS) is 21.7. The first-order valence-corrected chi connectivity index (χ1v) is 7.35. The number of nitrogens with zero attached hydrogens (tertiary/aromatic N) is 4. The number of anilines is 2. The Morgan fingerprint density at radius 2 is 1.58 bits per heavy atom. The van der Waals surface area contributed by atoms with Crippen molar-refractivity contribution in [2.75, 3.05) is 49.1 Å². The van der Waals surface area contributed by atoms with E-state index in [0.717, 1.165) is 56.8 Å². The van der Waals surface area contributed by atoms with Gasteiger partial charge in [-0.25, -0.2) is 9.97 Å². The van der Waals surface area contributed by atoms with Crippen LogP contribution in [0.2, 0.25) is 0 Å². The summed E-state index contributed by atoms with van der Waals surface area (Å²) in [5.74, 6) is 3.02. The molecule has 0 aliphatic carbocycles. The molecule has 0 bridgehead atoms. The average Bonchev–Trinajstić information content (AvgIpc) is 2.49. The number of aromatic nitrogens is 2. The van der Waals surface area contributed by atoms with E-state index in [2.05, 4.69) is 38.1 Å². The fourth-order valence-electron chi connectivity index (χ4n) is 2.81. The summed E-state index contributed by atoms with van der Waals surface area (Å²) in [7, 11) is 0. The lowest BCUT2D eigenvalue weighted by molar-refractivity contribution is 0.436. The molecule has 5 nitrogen and oxygen atoms in total. The monoisotopic (exact) mass is 261 g/mol. The Labute approximate surface area is 115 Å². The number of piperidine rings is 1. The fourth-order valence-corrected chi connectivity index (χ4v) is 2.81. The van der Waals surface area contributed by atoms with Crippen molar-refractivity contribution in [3.63, 3.8) is 0 Å². The molecule has 1 aromatic heterocycles. The lowest BCUT2D eigenvalue weighted by Gasteiger charge is -2.32. The van der Waals surface area contributed by atoms with Crippen LogP contribution >= 0.6 is 0 Å². The Morgan fingerprint density at radius 3 is 2.21 bits per heavy atom. The van der Waals surface area contributed by atoms with Crippen LogP contribution < -0.4 is 15.1 Å². The van der Waals surface area contributed by atoms with Crippen molar-refractivity contribution in [3.8, 4) is 0 Å². The lowest BCUT2D eigenvalue weighted by atomic mass is 9.99. The van der Waals surface area contributed by atoms with E-state index in [1.807, 2.05) is 0 Å². The van der Waals surface area contributed by atoms with Crippen molar-refractivity contribution < 1.29 is 0 Å². The van der Waals surface area contributed by atoms with Gasteiger partial charge in [0.25, 0.3) is 0 Å². The predicted octanol–water partition coefficient (Wildman–Crippen LogP) is 1.12. The van der Waals surface area contributed by atoms with Crippen molar-refractivity contribution in [1.29, 1.82) is 0 Å². The van der Waals surface area contributed by atoms with Gasteiger partial charge in [-0.15, -0.1) is 0 Å². The Balaban J connectivity index is 1.72. The topological polar surface area (TPSA) is 44.3 Å². The van der Waals surface area contributed by atoms with Gasteiger partial charge in [0.05, 0.1) is 0 Å². The summed E-state index contributed by atoms with van der Waals surface area (Å²) >= 11 is 0. The van der Waals surface area contributed by atoms with Crippen LogP contribution in [0.5, 0.6) is 0 Å². The summed E-state index contributed by atoms with van der Waals surface area (Å²) in [6.45, 7) is 8.74. The van der Waals surface area contributed by atoms with Gasteiger partial charge in [-0.3, -0.25) is 0 Å². The number of piperazine rings is 1. The highest BCUT2D eigenvalue weighted by Gasteiger charge is 2.18. The maximum atomic E-state index is 4.46. The molecule has 3 heterocycles. The summed E-state index contributed by atoms with van der Waals surface area (Å²) in [4.78, 5) is 13.6. The molecule has 0 radical (unpaired) electrons. The Kier molecular flexibility index (Phi) is 3.82. The van der Waals surface area contributed by atoms with E-state index in [9.17, 15) is 0 Å². The number of hydrogen-bond donors (Lipinski definition) is 1. The predicted molar refractivity (Wildman–Crippen MR) is 77.7 cm³/mol. The van der Waals surface area contributed by atoms with Crippen molar-refractivity contribution >= 4 is 11.6 Å². The second kappa shape index (κ2) is 5.74. The molecule has 1 N–H and O–H groups in total. The molecule has 0 amide bonds. The third kappa shape index (κ3) is 2.97. The minimum Gasteiger partial charge on any atom is -0.356 e. The smallest absolute Gasteiger partial charge is 0.134 e. The van der Waals surface area contributed by atoms with Gasteiger partial charge in [0.2, 0.25) is 0 Å². The SMILES string of the molecule is CC1CCN(c2cc(N3CCNCC3)ncn2)CC1. The molecule has 104 valence electrons. The second-order valence-electron chi connectivity index (χ2n) is 5.64. The van der Waals surface area contributed by atoms with Crippen LogP contribution in [-0.4, -0.2) is 49.2 Å². The zero-order chi connectivity index (χ0) is 13.1. The molecule has 2 fully saturated rings. The van der Waals surface area contributed by atoms with Crippen molar-refractivity contribution in [3.05, 3.63) is 12.4 Å². The van der Waals surface area contributed by atoms with E-state index >= 15 is 0 Å². The molecule has 1 aromatic rings. The first-order valence-electron chi connectivity index (χ1n) is 7.35. The number of rotatable bonds is 2. The Morgan fingerprint density at radius 1 is 1.00 bits per heavy atom. The molecule has 0 unspecified atom stereocenters. The Hall–Kier alpha value is -1.36. The van der Waals surface area contributed by atoms with Crippen LogP contribution in [0.15, 0.2) is 12.4 Å². The van der Waals surface area contributed by atoms with Crippen molar-refractivity contribution in [2.45, 2.75) is 19.8 Å². The van der Waals surface area contributed by atoms with Crippen LogP contribution in [0.1, 0.15) is 19.8 Å². The summed E-state index contributed by atoms with van der Waals surface area (Å²) in [5, 5.41) is 3.37.